The fourth-order valence-corrected chi connectivity index (χ4v) is 2.97. The Bertz CT molecular complexity index is 635. The molecule has 0 bridgehead atoms. The van der Waals surface area contributed by atoms with Crippen LogP contribution < -0.4 is 15.8 Å². The minimum Gasteiger partial charge on any atom is -0.463 e. The number of aryl methyl sites for hydroxylation is 1. The fraction of sp³-hybridized carbons (Fsp3) is 0.688. The topological polar surface area (TPSA) is 90.9 Å². The molecule has 0 spiro atoms. The van der Waals surface area contributed by atoms with E-state index in [1.807, 2.05) is 6.33 Å². The fourth-order valence-electron chi connectivity index (χ4n) is 2.97. The number of nitrogens with one attached hydrogen (secondary N) is 1. The molecule has 0 saturated carbocycles. The van der Waals surface area contributed by atoms with Crippen LogP contribution in [0.2, 0.25) is 0 Å². The summed E-state index contributed by atoms with van der Waals surface area (Å²) in [5.74, 6) is 1.16. The van der Waals surface area contributed by atoms with Crippen molar-refractivity contribution < 1.29 is 4.74 Å². The molecule has 1 aliphatic rings. The molecule has 2 aromatic heterocycles. The van der Waals surface area contributed by atoms with E-state index < -0.39 is 0 Å². The number of ether oxygens (including phenoxy) is 1. The van der Waals surface area contributed by atoms with Gasteiger partial charge in [0.05, 0.1) is 12.9 Å². The summed E-state index contributed by atoms with van der Waals surface area (Å²) in [5.41, 5.74) is 7.44. The van der Waals surface area contributed by atoms with Gasteiger partial charge in [-0.15, -0.1) is 0 Å². The van der Waals surface area contributed by atoms with E-state index in [-0.39, 0.29) is 0 Å². The van der Waals surface area contributed by atoms with E-state index in [1.54, 1.807) is 0 Å². The van der Waals surface area contributed by atoms with Crippen molar-refractivity contribution >= 4 is 17.0 Å². The predicted octanol–water partition coefficient (Wildman–Crippen LogP) is 1.98. The van der Waals surface area contributed by atoms with Crippen LogP contribution in [-0.4, -0.2) is 39.2 Å². The molecule has 3 heterocycles. The Balaban J connectivity index is 1.71. The standard InChI is InChI=1S/C16H26N6O/c1-2-3-10-23-16-20-14(17)13-15(21-16)22(11-19-13)9-6-12-4-7-18-8-5-12/h11-12,18H,2-10H2,1H3,(H2,17,20,21). The predicted molar refractivity (Wildman–Crippen MR) is 90.3 cm³/mol. The summed E-state index contributed by atoms with van der Waals surface area (Å²) in [6.07, 6.45) is 7.50. The summed E-state index contributed by atoms with van der Waals surface area (Å²) in [5, 5.41) is 3.40. The van der Waals surface area contributed by atoms with Crippen LogP contribution >= 0.6 is 0 Å². The number of nitrogens with two attached hydrogens (primary N) is 1. The molecule has 7 nitrogen and oxygen atoms in total. The summed E-state index contributed by atoms with van der Waals surface area (Å²) in [6, 6.07) is 0.354. The highest BCUT2D eigenvalue weighted by molar-refractivity contribution is 5.81. The van der Waals surface area contributed by atoms with E-state index in [0.717, 1.165) is 50.5 Å². The summed E-state index contributed by atoms with van der Waals surface area (Å²) in [6.45, 7) is 5.90. The second kappa shape index (κ2) is 7.59. The molecule has 0 radical (unpaired) electrons. The molecule has 0 unspecified atom stereocenters. The van der Waals surface area contributed by atoms with Gasteiger partial charge in [-0.1, -0.05) is 13.3 Å². The average Bonchev–Trinajstić information content (AvgIpc) is 2.98. The van der Waals surface area contributed by atoms with Crippen LogP contribution in [-0.2, 0) is 6.54 Å². The number of unbranched alkanes of at least 4 members (excludes halogenated alkanes) is 1. The Hall–Kier alpha value is -1.89. The zero-order valence-corrected chi connectivity index (χ0v) is 13.8. The molecule has 3 rings (SSSR count). The van der Waals surface area contributed by atoms with E-state index in [1.165, 1.54) is 12.8 Å². The van der Waals surface area contributed by atoms with Crippen LogP contribution in [0.3, 0.4) is 0 Å². The molecule has 1 aliphatic heterocycles. The van der Waals surface area contributed by atoms with Crippen molar-refractivity contribution in [1.82, 2.24) is 24.8 Å². The van der Waals surface area contributed by atoms with Crippen LogP contribution in [0, 0.1) is 5.92 Å². The lowest BCUT2D eigenvalue weighted by molar-refractivity contribution is 0.286. The van der Waals surface area contributed by atoms with Gasteiger partial charge in [0.2, 0.25) is 0 Å². The molecule has 7 heteroatoms. The van der Waals surface area contributed by atoms with Gasteiger partial charge >= 0.3 is 6.01 Å². The molecule has 0 amide bonds. The van der Waals surface area contributed by atoms with Crippen molar-refractivity contribution in [2.75, 3.05) is 25.4 Å². The third-order valence-electron chi connectivity index (χ3n) is 4.44. The van der Waals surface area contributed by atoms with Gasteiger partial charge in [0.1, 0.15) is 5.52 Å². The third kappa shape index (κ3) is 3.90. The first kappa shape index (κ1) is 16.0. The summed E-state index contributed by atoms with van der Waals surface area (Å²) in [4.78, 5) is 13.1. The number of rotatable bonds is 7. The molecule has 126 valence electrons. The number of nitrogen functional groups attached to an aromatic ring is 1. The lowest BCUT2D eigenvalue weighted by Gasteiger charge is -2.22. The van der Waals surface area contributed by atoms with Gasteiger partial charge in [-0.05, 0) is 44.7 Å². The minimum absolute atomic E-state index is 0.354. The third-order valence-corrected chi connectivity index (χ3v) is 4.44. The second-order valence-corrected chi connectivity index (χ2v) is 6.19. The van der Waals surface area contributed by atoms with Crippen molar-refractivity contribution in [3.63, 3.8) is 0 Å². The van der Waals surface area contributed by atoms with Crippen molar-refractivity contribution in [3.8, 4) is 6.01 Å². The summed E-state index contributed by atoms with van der Waals surface area (Å²) < 4.78 is 7.67. The van der Waals surface area contributed by atoms with Gasteiger partial charge < -0.3 is 20.4 Å². The number of hydrogen-bond donors (Lipinski definition) is 2. The highest BCUT2D eigenvalue weighted by atomic mass is 16.5. The zero-order valence-electron chi connectivity index (χ0n) is 13.8. The zero-order chi connectivity index (χ0) is 16.1. The van der Waals surface area contributed by atoms with E-state index in [2.05, 4.69) is 31.8 Å². The maximum Gasteiger partial charge on any atom is 0.320 e. The highest BCUT2D eigenvalue weighted by Gasteiger charge is 2.15. The van der Waals surface area contributed by atoms with Crippen LogP contribution in [0.25, 0.3) is 11.2 Å². The maximum absolute atomic E-state index is 6.00. The molecule has 0 atom stereocenters. The largest absolute Gasteiger partial charge is 0.463 e. The first-order valence-electron chi connectivity index (χ1n) is 8.59. The van der Waals surface area contributed by atoms with Crippen LogP contribution in [0.5, 0.6) is 6.01 Å². The Labute approximate surface area is 136 Å². The summed E-state index contributed by atoms with van der Waals surface area (Å²) >= 11 is 0. The van der Waals surface area contributed by atoms with Crippen molar-refractivity contribution in [1.29, 1.82) is 0 Å². The number of nitrogens with zero attached hydrogens (tertiary/aromatic N) is 4. The molecule has 0 aliphatic carbocycles. The Morgan fingerprint density at radius 2 is 2.17 bits per heavy atom. The number of fused-ring (bicyclic) bond motifs is 1. The lowest BCUT2D eigenvalue weighted by Crippen LogP contribution is -2.28. The Morgan fingerprint density at radius 1 is 1.35 bits per heavy atom. The number of hydrogen-bond acceptors (Lipinski definition) is 6. The first-order valence-corrected chi connectivity index (χ1v) is 8.59. The molecule has 1 fully saturated rings. The Kier molecular flexibility index (Phi) is 5.27. The van der Waals surface area contributed by atoms with Gasteiger partial charge in [-0.2, -0.15) is 9.97 Å². The monoisotopic (exact) mass is 318 g/mol. The molecular formula is C16H26N6O. The maximum atomic E-state index is 6.00. The van der Waals surface area contributed by atoms with Gasteiger partial charge in [0.15, 0.2) is 11.5 Å². The highest BCUT2D eigenvalue weighted by Crippen LogP contribution is 2.22. The van der Waals surface area contributed by atoms with Crippen molar-refractivity contribution in [2.24, 2.45) is 5.92 Å². The van der Waals surface area contributed by atoms with Gasteiger partial charge in [-0.3, -0.25) is 0 Å². The van der Waals surface area contributed by atoms with Gasteiger partial charge in [-0.25, -0.2) is 4.98 Å². The number of imidazole rings is 1. The average molecular weight is 318 g/mol. The van der Waals surface area contributed by atoms with Gasteiger partial charge in [0.25, 0.3) is 0 Å². The van der Waals surface area contributed by atoms with Crippen LogP contribution in [0.1, 0.15) is 39.0 Å². The molecule has 2 aromatic rings. The lowest BCUT2D eigenvalue weighted by atomic mass is 9.95. The molecule has 3 N–H and O–H groups in total. The second-order valence-electron chi connectivity index (χ2n) is 6.19. The number of aromatic nitrogens is 4. The number of piperidine rings is 1. The SMILES string of the molecule is CCCCOc1nc(N)c2ncn(CCC3CCNCC3)c2n1. The quantitative estimate of drug-likeness (QED) is 0.759. The minimum atomic E-state index is 0.354. The van der Waals surface area contributed by atoms with Crippen LogP contribution in [0.15, 0.2) is 6.33 Å². The smallest absolute Gasteiger partial charge is 0.320 e. The van der Waals surface area contributed by atoms with E-state index >= 15 is 0 Å². The number of anilines is 1. The van der Waals surface area contributed by atoms with Crippen molar-refractivity contribution in [2.45, 2.75) is 45.6 Å². The molecule has 0 aromatic carbocycles. The van der Waals surface area contributed by atoms with E-state index in [4.69, 9.17) is 10.5 Å². The van der Waals surface area contributed by atoms with E-state index in [0.29, 0.717) is 24.0 Å². The van der Waals surface area contributed by atoms with Gasteiger partial charge in [0, 0.05) is 6.54 Å². The normalized spacial score (nSPS) is 16.0. The molecule has 23 heavy (non-hydrogen) atoms. The van der Waals surface area contributed by atoms with Crippen LogP contribution in [0.4, 0.5) is 5.82 Å². The molecule has 1 saturated heterocycles. The summed E-state index contributed by atoms with van der Waals surface area (Å²) in [7, 11) is 0. The van der Waals surface area contributed by atoms with Crippen molar-refractivity contribution in [3.05, 3.63) is 6.33 Å². The molecular weight excluding hydrogens is 292 g/mol. The first-order chi connectivity index (χ1) is 11.3. The Morgan fingerprint density at radius 3 is 2.96 bits per heavy atom. The van der Waals surface area contributed by atoms with E-state index in [9.17, 15) is 0 Å².